The molecule has 0 aliphatic carbocycles. The number of urea groups is 1. The molecule has 4 heteroatoms. The van der Waals surface area contributed by atoms with E-state index in [1.807, 2.05) is 64.1 Å². The summed E-state index contributed by atoms with van der Waals surface area (Å²) >= 11 is 0. The Kier molecular flexibility index (Phi) is 5.24. The molecule has 0 saturated carbocycles. The number of hydrogen-bond acceptors (Lipinski definition) is 2. The van der Waals surface area contributed by atoms with E-state index in [1.54, 1.807) is 11.9 Å². The van der Waals surface area contributed by atoms with E-state index in [4.69, 9.17) is 0 Å². The van der Waals surface area contributed by atoms with Crippen LogP contribution in [0.1, 0.15) is 45.7 Å². The smallest absolute Gasteiger partial charge is 0.322 e. The number of amides is 3. The molecule has 1 aromatic carbocycles. The zero-order valence-corrected chi connectivity index (χ0v) is 14.6. The maximum atomic E-state index is 12.9. The number of hydrogen-bond donors (Lipinski definition) is 0. The van der Waals surface area contributed by atoms with Crippen LogP contribution in [0.3, 0.4) is 0 Å². The zero-order chi connectivity index (χ0) is 17.1. The maximum absolute atomic E-state index is 12.9. The first-order valence-electron chi connectivity index (χ1n) is 8.12. The second-order valence-corrected chi connectivity index (χ2v) is 6.62. The van der Waals surface area contributed by atoms with Gasteiger partial charge in [0.2, 0.25) is 5.91 Å². The Labute approximate surface area is 138 Å². The van der Waals surface area contributed by atoms with Crippen molar-refractivity contribution in [2.75, 3.05) is 7.05 Å². The van der Waals surface area contributed by atoms with Gasteiger partial charge in [-0.05, 0) is 32.8 Å². The summed E-state index contributed by atoms with van der Waals surface area (Å²) in [6, 6.07) is 9.32. The fourth-order valence-electron chi connectivity index (χ4n) is 2.95. The fraction of sp³-hybridized carbons (Fsp3) is 0.474. The van der Waals surface area contributed by atoms with E-state index in [0.29, 0.717) is 6.42 Å². The standard InChI is InChI=1S/C19H26N2O2/c1-13(2)11-12-14(3)18(22)21-17(15(4)20(5)19(21)23)16-9-7-6-8-10-16/h6-11,14-15,17H,12H2,1-5H3/t14-,15-,17-/m1/s1. The summed E-state index contributed by atoms with van der Waals surface area (Å²) in [5.41, 5.74) is 2.18. The molecule has 3 amide bonds. The molecule has 3 atom stereocenters. The SMILES string of the molecule is CC(C)=CC[C@@H](C)C(=O)N1C(=O)N(C)[C@H](C)[C@@H]1c1ccccc1. The van der Waals surface area contributed by atoms with Crippen LogP contribution in [0.15, 0.2) is 42.0 Å². The molecule has 23 heavy (non-hydrogen) atoms. The molecular weight excluding hydrogens is 288 g/mol. The van der Waals surface area contributed by atoms with Crippen LogP contribution < -0.4 is 0 Å². The van der Waals surface area contributed by atoms with Crippen LogP contribution in [0.4, 0.5) is 4.79 Å². The summed E-state index contributed by atoms with van der Waals surface area (Å²) < 4.78 is 0. The summed E-state index contributed by atoms with van der Waals surface area (Å²) in [5.74, 6) is -0.309. The number of allylic oxidation sites excluding steroid dienone is 2. The second kappa shape index (κ2) is 6.99. The van der Waals surface area contributed by atoms with E-state index in [2.05, 4.69) is 0 Å². The van der Waals surface area contributed by atoms with Gasteiger partial charge >= 0.3 is 6.03 Å². The Morgan fingerprint density at radius 1 is 1.26 bits per heavy atom. The Balaban J connectivity index is 2.31. The van der Waals surface area contributed by atoms with Gasteiger partial charge in [0.05, 0.1) is 12.1 Å². The van der Waals surface area contributed by atoms with Gasteiger partial charge in [0.1, 0.15) is 0 Å². The number of carbonyl (C=O) groups is 2. The highest BCUT2D eigenvalue weighted by atomic mass is 16.2. The molecule has 2 rings (SSSR count). The van der Waals surface area contributed by atoms with Gasteiger partial charge < -0.3 is 4.90 Å². The van der Waals surface area contributed by atoms with E-state index < -0.39 is 0 Å². The zero-order valence-electron chi connectivity index (χ0n) is 14.6. The molecule has 0 bridgehead atoms. The third kappa shape index (κ3) is 3.46. The number of carbonyl (C=O) groups excluding carboxylic acids is 2. The monoisotopic (exact) mass is 314 g/mol. The fourth-order valence-corrected chi connectivity index (χ4v) is 2.95. The van der Waals surface area contributed by atoms with Gasteiger partial charge in [-0.2, -0.15) is 0 Å². The highest BCUT2D eigenvalue weighted by molar-refractivity contribution is 5.97. The van der Waals surface area contributed by atoms with Crippen LogP contribution in [-0.2, 0) is 4.79 Å². The predicted molar refractivity (Wildman–Crippen MR) is 91.9 cm³/mol. The van der Waals surface area contributed by atoms with Gasteiger partial charge in [-0.3, -0.25) is 9.69 Å². The molecule has 1 aromatic rings. The van der Waals surface area contributed by atoms with Crippen LogP contribution in [0.2, 0.25) is 0 Å². The third-order valence-electron chi connectivity index (χ3n) is 4.53. The molecule has 1 aliphatic rings. The van der Waals surface area contributed by atoms with Crippen molar-refractivity contribution < 1.29 is 9.59 Å². The molecule has 4 nitrogen and oxygen atoms in total. The van der Waals surface area contributed by atoms with E-state index in [0.717, 1.165) is 5.56 Å². The van der Waals surface area contributed by atoms with Crippen molar-refractivity contribution in [2.45, 2.75) is 46.2 Å². The molecule has 1 aliphatic heterocycles. The van der Waals surface area contributed by atoms with Crippen LogP contribution in [-0.4, -0.2) is 34.8 Å². The van der Waals surface area contributed by atoms with Crippen molar-refractivity contribution in [2.24, 2.45) is 5.92 Å². The number of likely N-dealkylation sites (N-methyl/N-ethyl adjacent to an activating group) is 1. The average Bonchev–Trinajstić information content (AvgIpc) is 2.76. The lowest BCUT2D eigenvalue weighted by Crippen LogP contribution is -2.39. The van der Waals surface area contributed by atoms with Gasteiger partial charge in [-0.1, -0.05) is 48.9 Å². The summed E-state index contributed by atoms with van der Waals surface area (Å²) in [4.78, 5) is 28.6. The minimum atomic E-state index is -0.227. The Bertz CT molecular complexity index is 605. The first kappa shape index (κ1) is 17.3. The molecule has 1 saturated heterocycles. The Hall–Kier alpha value is -2.10. The van der Waals surface area contributed by atoms with Crippen molar-refractivity contribution in [1.82, 2.24) is 9.80 Å². The van der Waals surface area contributed by atoms with E-state index in [1.165, 1.54) is 10.5 Å². The van der Waals surface area contributed by atoms with E-state index >= 15 is 0 Å². The van der Waals surface area contributed by atoms with Gasteiger partial charge in [-0.25, -0.2) is 4.79 Å². The molecule has 0 spiro atoms. The molecule has 0 aromatic heterocycles. The van der Waals surface area contributed by atoms with Crippen molar-refractivity contribution in [3.63, 3.8) is 0 Å². The lowest BCUT2D eigenvalue weighted by atomic mass is 9.98. The van der Waals surface area contributed by atoms with Crippen LogP contribution in [0, 0.1) is 5.92 Å². The second-order valence-electron chi connectivity index (χ2n) is 6.62. The van der Waals surface area contributed by atoms with E-state index in [-0.39, 0.29) is 29.9 Å². The molecule has 1 heterocycles. The van der Waals surface area contributed by atoms with Gasteiger partial charge in [0, 0.05) is 13.0 Å². The molecular formula is C19H26N2O2. The van der Waals surface area contributed by atoms with Crippen LogP contribution in [0.5, 0.6) is 0 Å². The quantitative estimate of drug-likeness (QED) is 0.788. The molecule has 0 radical (unpaired) electrons. The lowest BCUT2D eigenvalue weighted by Gasteiger charge is -2.26. The minimum absolute atomic E-state index is 0.0375. The number of nitrogens with zero attached hydrogens (tertiary/aromatic N) is 2. The number of imide groups is 1. The highest BCUT2D eigenvalue weighted by Gasteiger charge is 2.46. The predicted octanol–water partition coefficient (Wildman–Crippen LogP) is 4.00. The molecule has 124 valence electrons. The van der Waals surface area contributed by atoms with E-state index in [9.17, 15) is 9.59 Å². The topological polar surface area (TPSA) is 40.6 Å². The van der Waals surface area contributed by atoms with Crippen molar-refractivity contribution in [1.29, 1.82) is 0 Å². The number of rotatable bonds is 4. The van der Waals surface area contributed by atoms with Crippen LogP contribution in [0.25, 0.3) is 0 Å². The Morgan fingerprint density at radius 3 is 2.43 bits per heavy atom. The normalized spacial score (nSPS) is 22.2. The molecule has 0 N–H and O–H groups in total. The van der Waals surface area contributed by atoms with Crippen molar-refractivity contribution in [3.05, 3.63) is 47.5 Å². The van der Waals surface area contributed by atoms with Gasteiger partial charge in [-0.15, -0.1) is 0 Å². The largest absolute Gasteiger partial charge is 0.327 e. The first-order chi connectivity index (χ1) is 10.8. The average molecular weight is 314 g/mol. The summed E-state index contributed by atoms with van der Waals surface area (Å²) in [5, 5.41) is 0. The summed E-state index contributed by atoms with van der Waals surface area (Å²) in [6.07, 6.45) is 2.71. The minimum Gasteiger partial charge on any atom is -0.322 e. The van der Waals surface area contributed by atoms with Crippen molar-refractivity contribution >= 4 is 11.9 Å². The van der Waals surface area contributed by atoms with Gasteiger partial charge in [0.25, 0.3) is 0 Å². The highest BCUT2D eigenvalue weighted by Crippen LogP contribution is 2.35. The third-order valence-corrected chi connectivity index (χ3v) is 4.53. The van der Waals surface area contributed by atoms with Crippen LogP contribution >= 0.6 is 0 Å². The van der Waals surface area contributed by atoms with Crippen molar-refractivity contribution in [3.8, 4) is 0 Å². The lowest BCUT2D eigenvalue weighted by molar-refractivity contribution is -0.133. The first-order valence-corrected chi connectivity index (χ1v) is 8.12. The molecule has 0 unspecified atom stereocenters. The molecule has 1 fully saturated rings. The number of benzene rings is 1. The van der Waals surface area contributed by atoms with Gasteiger partial charge in [0.15, 0.2) is 0 Å². The summed E-state index contributed by atoms with van der Waals surface area (Å²) in [6.45, 7) is 7.91. The summed E-state index contributed by atoms with van der Waals surface area (Å²) in [7, 11) is 1.76. The Morgan fingerprint density at radius 2 is 1.87 bits per heavy atom. The maximum Gasteiger partial charge on any atom is 0.327 e.